The second-order valence-electron chi connectivity index (χ2n) is 17.3. The van der Waals surface area contributed by atoms with Crippen LogP contribution in [0.4, 0.5) is 23.3 Å². The molecule has 2 atom stereocenters. The second kappa shape index (κ2) is 21.9. The first-order chi connectivity index (χ1) is 35.0. The molecule has 350 valence electrons. The molecule has 0 fully saturated rings. The molecule has 12 nitrogen and oxygen atoms in total. The molecule has 0 aliphatic carbocycles. The molecular formula is C59H54N12. The van der Waals surface area contributed by atoms with Gasteiger partial charge in [-0.15, -0.1) is 0 Å². The summed E-state index contributed by atoms with van der Waals surface area (Å²) in [6.07, 6.45) is 7.19. The minimum Gasteiger partial charge on any atom is -0.381 e. The summed E-state index contributed by atoms with van der Waals surface area (Å²) in [5.41, 5.74) is 12.1. The van der Waals surface area contributed by atoms with Crippen LogP contribution in [0.3, 0.4) is 0 Å². The van der Waals surface area contributed by atoms with E-state index in [4.69, 9.17) is 15.0 Å². The van der Waals surface area contributed by atoms with E-state index in [-0.39, 0.29) is 12.1 Å². The fourth-order valence-corrected chi connectivity index (χ4v) is 8.47. The van der Waals surface area contributed by atoms with Crippen molar-refractivity contribution < 1.29 is 0 Å². The fourth-order valence-electron chi connectivity index (χ4n) is 8.47. The van der Waals surface area contributed by atoms with E-state index in [1.807, 2.05) is 82.2 Å². The molecule has 0 aliphatic heterocycles. The largest absolute Gasteiger partial charge is 0.381 e. The van der Waals surface area contributed by atoms with Crippen molar-refractivity contribution in [3.05, 3.63) is 253 Å². The van der Waals surface area contributed by atoms with E-state index < -0.39 is 0 Å². The second-order valence-corrected chi connectivity index (χ2v) is 17.3. The van der Waals surface area contributed by atoms with Crippen molar-refractivity contribution in [3.63, 3.8) is 0 Å². The van der Waals surface area contributed by atoms with Gasteiger partial charge >= 0.3 is 0 Å². The number of hydrogen-bond donors (Lipinski definition) is 3. The molecule has 3 N–H and O–H groups in total. The van der Waals surface area contributed by atoms with Crippen molar-refractivity contribution in [3.8, 4) is 11.6 Å². The summed E-state index contributed by atoms with van der Waals surface area (Å²) in [5, 5.41) is 10.3. The maximum atomic E-state index is 4.79. The topological polar surface area (TPSA) is 127 Å². The van der Waals surface area contributed by atoms with Crippen molar-refractivity contribution in [1.82, 2.24) is 39.0 Å². The molecule has 7 aromatic carbocycles. The van der Waals surface area contributed by atoms with Gasteiger partial charge in [0, 0.05) is 43.4 Å². The molecule has 71 heavy (non-hydrogen) atoms. The Morgan fingerprint density at radius 2 is 0.887 bits per heavy atom. The third-order valence-electron chi connectivity index (χ3n) is 12.3. The first-order valence-electron chi connectivity index (χ1n) is 23.8. The average Bonchev–Trinajstić information content (AvgIpc) is 4.06. The molecular weight excluding hydrogens is 877 g/mol. The van der Waals surface area contributed by atoms with Gasteiger partial charge in [-0.25, -0.2) is 19.9 Å². The molecule has 0 spiro atoms. The third kappa shape index (κ3) is 11.4. The van der Waals surface area contributed by atoms with Gasteiger partial charge in [-0.1, -0.05) is 152 Å². The molecule has 0 radical (unpaired) electrons. The van der Waals surface area contributed by atoms with Gasteiger partial charge in [-0.05, 0) is 90.2 Å². The van der Waals surface area contributed by atoms with Gasteiger partial charge in [-0.3, -0.25) is 9.13 Å². The van der Waals surface area contributed by atoms with Gasteiger partial charge in [-0.2, -0.15) is 9.97 Å². The number of imidazole rings is 2. The minimum atomic E-state index is 0.0868. The highest BCUT2D eigenvalue weighted by molar-refractivity contribution is 5.82. The van der Waals surface area contributed by atoms with Crippen molar-refractivity contribution in [2.24, 2.45) is 0 Å². The summed E-state index contributed by atoms with van der Waals surface area (Å²) in [6, 6.07) is 68.7. The lowest BCUT2D eigenvalue weighted by molar-refractivity contribution is 0.800. The number of aromatic nitrogens is 8. The van der Waals surface area contributed by atoms with Crippen LogP contribution in [0.1, 0.15) is 53.7 Å². The van der Waals surface area contributed by atoms with Crippen molar-refractivity contribution in [2.75, 3.05) is 20.9 Å². The molecule has 4 aromatic heterocycles. The first kappa shape index (κ1) is 45.6. The Labute approximate surface area is 413 Å². The lowest BCUT2D eigenvalue weighted by Gasteiger charge is -2.25. The van der Waals surface area contributed by atoms with Gasteiger partial charge in [0.1, 0.15) is 24.3 Å². The van der Waals surface area contributed by atoms with Gasteiger partial charge in [0.25, 0.3) is 0 Å². The highest BCUT2D eigenvalue weighted by Crippen LogP contribution is 2.28. The number of fused-ring (bicyclic) bond motifs is 2. The normalized spacial score (nSPS) is 11.9. The molecule has 0 saturated carbocycles. The monoisotopic (exact) mass is 930 g/mol. The van der Waals surface area contributed by atoms with E-state index in [9.17, 15) is 0 Å². The Morgan fingerprint density at radius 3 is 1.38 bits per heavy atom. The van der Waals surface area contributed by atoms with Crippen LogP contribution in [0.15, 0.2) is 225 Å². The Bertz CT molecular complexity index is 3380. The Kier molecular flexibility index (Phi) is 14.0. The van der Waals surface area contributed by atoms with Crippen LogP contribution in [0.2, 0.25) is 0 Å². The number of rotatable bonds is 16. The van der Waals surface area contributed by atoms with E-state index in [1.165, 1.54) is 27.8 Å². The zero-order chi connectivity index (χ0) is 48.2. The summed E-state index contributed by atoms with van der Waals surface area (Å²) in [6.45, 7) is 6.59. The predicted octanol–water partition coefficient (Wildman–Crippen LogP) is 12.8. The lowest BCUT2D eigenvalue weighted by atomic mass is 10.1. The smallest absolute Gasteiger partial charge is 0.225 e. The molecule has 0 aliphatic rings. The number of benzene rings is 7. The molecule has 11 rings (SSSR count). The van der Waals surface area contributed by atoms with Crippen LogP contribution in [-0.2, 0) is 19.6 Å². The molecule has 4 heterocycles. The molecule has 0 saturated heterocycles. The molecule has 0 bridgehead atoms. The van der Waals surface area contributed by atoms with Gasteiger partial charge < -0.3 is 20.9 Å². The van der Waals surface area contributed by atoms with E-state index in [0.29, 0.717) is 11.9 Å². The quantitative estimate of drug-likeness (QED) is 0.0862. The van der Waals surface area contributed by atoms with E-state index >= 15 is 0 Å². The molecule has 12 heteroatoms. The van der Waals surface area contributed by atoms with E-state index in [2.05, 4.69) is 183 Å². The Hall–Kier alpha value is -9.16. The van der Waals surface area contributed by atoms with Crippen LogP contribution < -0.4 is 20.9 Å². The van der Waals surface area contributed by atoms with Crippen LogP contribution in [0.25, 0.3) is 33.7 Å². The Balaban J connectivity index is 0.000000167. The number of hydrogen-bond acceptors (Lipinski definition) is 10. The zero-order valence-corrected chi connectivity index (χ0v) is 39.7. The summed E-state index contributed by atoms with van der Waals surface area (Å²) in [7, 11) is 0. The summed E-state index contributed by atoms with van der Waals surface area (Å²) < 4.78 is 3.99. The SMILES string of the molecule is C[C@H](Nc1nccc(-n2cnc3cc(N(Cc4ccccc4)Cc4ccccc4)ccc32)n1)c1ccccc1.C[C@H](Nc1nccc(-n2cnc3cc(NCc4ccccc4)ccc32)n1)c1ccccc1. The maximum absolute atomic E-state index is 4.79. The average molecular weight is 931 g/mol. The molecule has 11 aromatic rings. The fraction of sp³-hybridized carbons (Fsp3) is 0.119. The van der Waals surface area contributed by atoms with E-state index in [1.54, 1.807) is 18.7 Å². The lowest BCUT2D eigenvalue weighted by Crippen LogP contribution is -2.22. The summed E-state index contributed by atoms with van der Waals surface area (Å²) >= 11 is 0. The minimum absolute atomic E-state index is 0.0868. The Morgan fingerprint density at radius 1 is 0.451 bits per heavy atom. The standard InChI is InChI=1S/C33H30N6.C26H24N6/c1-25(28-15-9-4-10-16-28)36-33-34-20-19-32(37-33)39-24-35-30-21-29(17-18-31(30)39)38(22-26-11-5-2-6-12-26)23-27-13-7-3-8-14-27;1-19(21-10-6-3-7-11-21)30-26-27-15-14-25(31-26)32-18-29-23-16-22(12-13-24(23)32)28-17-20-8-4-2-5-9-20/h2-21,24-25H,22-23H2,1H3,(H,34,36,37);2-16,18-19,28H,17H2,1H3,(H,27,30,31)/t25-;19-/m00/s1. The van der Waals surface area contributed by atoms with Crippen LogP contribution in [0.5, 0.6) is 0 Å². The van der Waals surface area contributed by atoms with Gasteiger partial charge in [0.15, 0.2) is 0 Å². The van der Waals surface area contributed by atoms with Crippen LogP contribution in [0, 0.1) is 0 Å². The third-order valence-corrected chi connectivity index (χ3v) is 12.3. The molecule has 0 amide bonds. The number of nitrogens with zero attached hydrogens (tertiary/aromatic N) is 9. The molecule has 0 unspecified atom stereocenters. The highest BCUT2D eigenvalue weighted by Gasteiger charge is 2.15. The van der Waals surface area contributed by atoms with Gasteiger partial charge in [0.2, 0.25) is 11.9 Å². The van der Waals surface area contributed by atoms with Crippen LogP contribution >= 0.6 is 0 Å². The first-order valence-corrected chi connectivity index (χ1v) is 23.8. The highest BCUT2D eigenvalue weighted by atomic mass is 15.2. The van der Waals surface area contributed by atoms with Gasteiger partial charge in [0.05, 0.1) is 34.2 Å². The number of nitrogens with one attached hydrogen (secondary N) is 3. The van der Waals surface area contributed by atoms with Crippen molar-refractivity contribution >= 4 is 45.3 Å². The van der Waals surface area contributed by atoms with Crippen molar-refractivity contribution in [1.29, 1.82) is 0 Å². The maximum Gasteiger partial charge on any atom is 0.225 e. The summed E-state index contributed by atoms with van der Waals surface area (Å²) in [5.74, 6) is 2.71. The van der Waals surface area contributed by atoms with E-state index in [0.717, 1.165) is 64.7 Å². The summed E-state index contributed by atoms with van der Waals surface area (Å²) in [4.78, 5) is 30.1. The zero-order valence-electron chi connectivity index (χ0n) is 39.7. The number of anilines is 4. The van der Waals surface area contributed by atoms with Crippen molar-refractivity contribution in [2.45, 2.75) is 45.6 Å². The van der Waals surface area contributed by atoms with Crippen LogP contribution in [-0.4, -0.2) is 39.0 Å². The predicted molar refractivity (Wildman–Crippen MR) is 287 cm³/mol.